The number of hydrogen-bond donors (Lipinski definition) is 1. The van der Waals surface area contributed by atoms with E-state index in [1.807, 2.05) is 38.1 Å². The number of pyridine rings is 1. The third-order valence-electron chi connectivity index (χ3n) is 4.38. The highest BCUT2D eigenvalue weighted by Gasteiger charge is 2.12. The lowest BCUT2D eigenvalue weighted by atomic mass is 10.1. The molecule has 3 rings (SSSR count). The number of hydrogen-bond acceptors (Lipinski definition) is 4. The van der Waals surface area contributed by atoms with Crippen LogP contribution in [0.15, 0.2) is 48.5 Å². The van der Waals surface area contributed by atoms with Crippen LogP contribution in [0.1, 0.15) is 21.6 Å². The number of ether oxygens (including phenoxy) is 1. The van der Waals surface area contributed by atoms with Crippen molar-refractivity contribution in [2.24, 2.45) is 0 Å². The van der Waals surface area contributed by atoms with E-state index in [4.69, 9.17) is 4.74 Å². The fourth-order valence-electron chi connectivity index (χ4n) is 2.71. The fourth-order valence-corrected chi connectivity index (χ4v) is 2.71. The molecular weight excluding hydrogens is 354 g/mol. The van der Waals surface area contributed by atoms with Crippen LogP contribution in [-0.4, -0.2) is 42.4 Å². The molecule has 6 nitrogen and oxygen atoms in total. The first-order valence-electron chi connectivity index (χ1n) is 8.96. The number of nitrogens with one attached hydrogen (secondary N) is 1. The summed E-state index contributed by atoms with van der Waals surface area (Å²) in [6.45, 7) is 3.82. The number of carbonyl (C=O) groups is 2. The smallest absolute Gasteiger partial charge is 0.259 e. The number of rotatable bonds is 5. The SMILES string of the molecule is Cc1ccc2cc(C(=O)Nc3ccc(OCC(=O)N(C)C)cc3)c(C)nc2c1. The van der Waals surface area contributed by atoms with E-state index in [9.17, 15) is 9.59 Å². The van der Waals surface area contributed by atoms with Gasteiger partial charge < -0.3 is 15.0 Å². The molecule has 0 aliphatic heterocycles. The van der Waals surface area contributed by atoms with Crippen molar-refractivity contribution in [3.8, 4) is 5.75 Å². The summed E-state index contributed by atoms with van der Waals surface area (Å²) in [5.41, 5.74) is 3.86. The molecule has 0 unspecified atom stereocenters. The van der Waals surface area contributed by atoms with Crippen LogP contribution in [0.2, 0.25) is 0 Å². The van der Waals surface area contributed by atoms with Crippen LogP contribution in [0.25, 0.3) is 10.9 Å². The second kappa shape index (κ2) is 8.08. The molecule has 2 amide bonds. The van der Waals surface area contributed by atoms with Crippen LogP contribution < -0.4 is 10.1 Å². The molecule has 6 heteroatoms. The van der Waals surface area contributed by atoms with E-state index in [2.05, 4.69) is 10.3 Å². The van der Waals surface area contributed by atoms with Crippen LogP contribution in [0.4, 0.5) is 5.69 Å². The minimum atomic E-state index is -0.219. The lowest BCUT2D eigenvalue weighted by Gasteiger charge is -2.12. The molecule has 0 aliphatic rings. The molecule has 1 aromatic heterocycles. The van der Waals surface area contributed by atoms with Crippen LogP contribution in [0, 0.1) is 13.8 Å². The average molecular weight is 377 g/mol. The van der Waals surface area contributed by atoms with Gasteiger partial charge in [0.25, 0.3) is 11.8 Å². The molecule has 3 aromatic rings. The van der Waals surface area contributed by atoms with E-state index in [-0.39, 0.29) is 18.4 Å². The topological polar surface area (TPSA) is 71.5 Å². The number of likely N-dealkylation sites (N-methyl/N-ethyl adjacent to an activating group) is 1. The van der Waals surface area contributed by atoms with Crippen molar-refractivity contribution in [2.45, 2.75) is 13.8 Å². The summed E-state index contributed by atoms with van der Waals surface area (Å²) in [5.74, 6) is 0.225. The van der Waals surface area contributed by atoms with E-state index in [1.165, 1.54) is 4.90 Å². The minimum Gasteiger partial charge on any atom is -0.484 e. The largest absolute Gasteiger partial charge is 0.484 e. The average Bonchev–Trinajstić information content (AvgIpc) is 2.66. The lowest BCUT2D eigenvalue weighted by molar-refractivity contribution is -0.130. The van der Waals surface area contributed by atoms with E-state index in [1.54, 1.807) is 38.4 Å². The van der Waals surface area contributed by atoms with Gasteiger partial charge in [0.1, 0.15) is 5.75 Å². The van der Waals surface area contributed by atoms with Gasteiger partial charge in [-0.05, 0) is 55.8 Å². The Kier molecular flexibility index (Phi) is 5.59. The molecule has 0 bridgehead atoms. The Bertz CT molecular complexity index is 1030. The van der Waals surface area contributed by atoms with Gasteiger partial charge in [-0.1, -0.05) is 12.1 Å². The summed E-state index contributed by atoms with van der Waals surface area (Å²) in [7, 11) is 3.35. The minimum absolute atomic E-state index is 0.0276. The number of benzene rings is 2. The van der Waals surface area contributed by atoms with E-state index in [0.29, 0.717) is 22.7 Å². The van der Waals surface area contributed by atoms with Crippen molar-refractivity contribution in [1.29, 1.82) is 0 Å². The molecule has 1 N–H and O–H groups in total. The zero-order valence-corrected chi connectivity index (χ0v) is 16.4. The van der Waals surface area contributed by atoms with Crippen molar-refractivity contribution in [3.05, 3.63) is 65.4 Å². The van der Waals surface area contributed by atoms with E-state index in [0.717, 1.165) is 16.5 Å². The van der Waals surface area contributed by atoms with Gasteiger partial charge in [0.15, 0.2) is 6.61 Å². The number of amides is 2. The highest BCUT2D eigenvalue weighted by Crippen LogP contribution is 2.20. The third kappa shape index (κ3) is 4.46. The molecule has 0 aliphatic carbocycles. The summed E-state index contributed by atoms with van der Waals surface area (Å²) >= 11 is 0. The van der Waals surface area contributed by atoms with Crippen molar-refractivity contribution in [1.82, 2.24) is 9.88 Å². The van der Waals surface area contributed by atoms with Crippen LogP contribution in [-0.2, 0) is 4.79 Å². The molecule has 0 radical (unpaired) electrons. The Morgan fingerprint density at radius 2 is 1.75 bits per heavy atom. The van der Waals surface area contributed by atoms with Gasteiger partial charge in [0.05, 0.1) is 16.8 Å². The quantitative estimate of drug-likeness (QED) is 0.738. The zero-order valence-electron chi connectivity index (χ0n) is 16.4. The van der Waals surface area contributed by atoms with Crippen LogP contribution >= 0.6 is 0 Å². The first kappa shape index (κ1) is 19.4. The Hall–Kier alpha value is -3.41. The Morgan fingerprint density at radius 1 is 1.04 bits per heavy atom. The number of anilines is 1. The van der Waals surface area contributed by atoms with Gasteiger partial charge in [-0.15, -0.1) is 0 Å². The molecule has 0 atom stereocenters. The predicted molar refractivity (Wildman–Crippen MR) is 110 cm³/mol. The zero-order chi connectivity index (χ0) is 20.3. The molecule has 0 saturated carbocycles. The number of aromatic nitrogens is 1. The normalized spacial score (nSPS) is 10.6. The van der Waals surface area contributed by atoms with Crippen molar-refractivity contribution < 1.29 is 14.3 Å². The second-order valence-corrected chi connectivity index (χ2v) is 6.87. The highest BCUT2D eigenvalue weighted by atomic mass is 16.5. The second-order valence-electron chi connectivity index (χ2n) is 6.87. The molecule has 2 aromatic carbocycles. The Balaban J connectivity index is 1.71. The van der Waals surface area contributed by atoms with Gasteiger partial charge >= 0.3 is 0 Å². The van der Waals surface area contributed by atoms with Crippen molar-refractivity contribution >= 4 is 28.4 Å². The fraction of sp³-hybridized carbons (Fsp3) is 0.227. The molecule has 0 fully saturated rings. The monoisotopic (exact) mass is 377 g/mol. The Labute approximate surface area is 164 Å². The third-order valence-corrected chi connectivity index (χ3v) is 4.38. The summed E-state index contributed by atoms with van der Waals surface area (Å²) < 4.78 is 5.44. The molecule has 28 heavy (non-hydrogen) atoms. The van der Waals surface area contributed by atoms with Gasteiger partial charge in [0.2, 0.25) is 0 Å². The standard InChI is InChI=1S/C22H23N3O3/c1-14-5-6-16-12-19(15(2)23-20(16)11-14)22(27)24-17-7-9-18(10-8-17)28-13-21(26)25(3)4/h5-12H,13H2,1-4H3,(H,24,27). The summed E-state index contributed by atoms with van der Waals surface area (Å²) in [6, 6.07) is 14.7. The number of nitrogens with zero attached hydrogens (tertiary/aromatic N) is 2. The summed E-state index contributed by atoms with van der Waals surface area (Å²) in [4.78, 5) is 30.3. The molecule has 144 valence electrons. The van der Waals surface area contributed by atoms with Crippen LogP contribution in [0.5, 0.6) is 5.75 Å². The highest BCUT2D eigenvalue weighted by molar-refractivity contribution is 6.06. The summed E-state index contributed by atoms with van der Waals surface area (Å²) in [6.07, 6.45) is 0. The van der Waals surface area contributed by atoms with Gasteiger partial charge in [-0.25, -0.2) is 0 Å². The molecule has 0 saturated heterocycles. The maximum absolute atomic E-state index is 12.7. The van der Waals surface area contributed by atoms with E-state index >= 15 is 0 Å². The first-order valence-corrected chi connectivity index (χ1v) is 8.96. The van der Waals surface area contributed by atoms with Gasteiger partial charge in [-0.2, -0.15) is 0 Å². The maximum Gasteiger partial charge on any atom is 0.259 e. The number of fused-ring (bicyclic) bond motifs is 1. The molecule has 1 heterocycles. The van der Waals surface area contributed by atoms with Gasteiger partial charge in [-0.3, -0.25) is 14.6 Å². The first-order chi connectivity index (χ1) is 13.3. The van der Waals surface area contributed by atoms with Gasteiger partial charge in [0, 0.05) is 25.2 Å². The number of carbonyl (C=O) groups excluding carboxylic acids is 2. The Morgan fingerprint density at radius 3 is 2.43 bits per heavy atom. The maximum atomic E-state index is 12.7. The predicted octanol–water partition coefficient (Wildman–Crippen LogP) is 3.57. The van der Waals surface area contributed by atoms with Crippen LogP contribution in [0.3, 0.4) is 0 Å². The molecule has 0 spiro atoms. The van der Waals surface area contributed by atoms with Crippen molar-refractivity contribution in [2.75, 3.05) is 26.0 Å². The number of aryl methyl sites for hydroxylation is 2. The molecular formula is C22H23N3O3. The van der Waals surface area contributed by atoms with Crippen molar-refractivity contribution in [3.63, 3.8) is 0 Å². The lowest BCUT2D eigenvalue weighted by Crippen LogP contribution is -2.27. The summed E-state index contributed by atoms with van der Waals surface area (Å²) in [5, 5.41) is 3.80. The van der Waals surface area contributed by atoms with E-state index < -0.39 is 0 Å².